The largest absolute Gasteiger partial charge is 0.491 e. The third kappa shape index (κ3) is 9.63. The first kappa shape index (κ1) is 23.2. The number of aliphatic imine (C=N–C) groups is 1. The number of hydrogen-bond acceptors (Lipinski definition) is 4. The van der Waals surface area contributed by atoms with Crippen LogP contribution in [0.4, 0.5) is 0 Å². The van der Waals surface area contributed by atoms with Crippen LogP contribution >= 0.6 is 0 Å². The van der Waals surface area contributed by atoms with E-state index in [-0.39, 0.29) is 0 Å². The maximum atomic E-state index is 5.66. The molecule has 6 nitrogen and oxygen atoms in total. The van der Waals surface area contributed by atoms with Crippen LogP contribution < -0.4 is 15.4 Å². The Hall–Kier alpha value is -1.79. The highest BCUT2D eigenvalue weighted by atomic mass is 16.5. The van der Waals surface area contributed by atoms with E-state index in [4.69, 9.17) is 9.47 Å². The molecule has 6 heteroatoms. The summed E-state index contributed by atoms with van der Waals surface area (Å²) < 4.78 is 10.7. The average molecular weight is 379 g/mol. The molecule has 27 heavy (non-hydrogen) atoms. The van der Waals surface area contributed by atoms with E-state index in [1.54, 1.807) is 14.2 Å². The van der Waals surface area contributed by atoms with Crippen LogP contribution in [0.25, 0.3) is 0 Å². The van der Waals surface area contributed by atoms with Gasteiger partial charge in [0.1, 0.15) is 12.4 Å². The molecular weight excluding hydrogens is 340 g/mol. The molecule has 0 atom stereocenters. The van der Waals surface area contributed by atoms with Crippen LogP contribution in [-0.2, 0) is 11.3 Å². The van der Waals surface area contributed by atoms with E-state index in [0.29, 0.717) is 31.8 Å². The van der Waals surface area contributed by atoms with Crippen molar-refractivity contribution in [2.45, 2.75) is 52.7 Å². The summed E-state index contributed by atoms with van der Waals surface area (Å²) in [5, 5.41) is 6.75. The molecule has 0 saturated heterocycles. The second kappa shape index (κ2) is 13.4. The highest BCUT2D eigenvalue weighted by Crippen LogP contribution is 2.13. The topological polar surface area (TPSA) is 58.1 Å². The molecular formula is C21H38N4O2. The van der Waals surface area contributed by atoms with Crippen molar-refractivity contribution < 1.29 is 9.47 Å². The SMILES string of the molecule is CN=C(NCCCN(C(C)C)C(C)C)NCc1cccc(OCCOC)c1. The van der Waals surface area contributed by atoms with Crippen LogP contribution in [0.15, 0.2) is 29.3 Å². The minimum atomic E-state index is 0.556. The summed E-state index contributed by atoms with van der Waals surface area (Å²) >= 11 is 0. The number of methoxy groups -OCH3 is 1. The van der Waals surface area contributed by atoms with Gasteiger partial charge in [-0.15, -0.1) is 0 Å². The fourth-order valence-electron chi connectivity index (χ4n) is 2.98. The summed E-state index contributed by atoms with van der Waals surface area (Å²) in [5.74, 6) is 1.68. The Morgan fingerprint density at radius 1 is 1.11 bits per heavy atom. The second-order valence-electron chi connectivity index (χ2n) is 7.12. The molecule has 1 rings (SSSR count). The zero-order valence-electron chi connectivity index (χ0n) is 17.9. The highest BCUT2D eigenvalue weighted by molar-refractivity contribution is 5.79. The van der Waals surface area contributed by atoms with Gasteiger partial charge in [0.05, 0.1) is 6.61 Å². The fourth-order valence-corrected chi connectivity index (χ4v) is 2.98. The van der Waals surface area contributed by atoms with Gasteiger partial charge in [0.15, 0.2) is 5.96 Å². The quantitative estimate of drug-likeness (QED) is 0.333. The van der Waals surface area contributed by atoms with Gasteiger partial charge in [0.25, 0.3) is 0 Å². The van der Waals surface area contributed by atoms with Crippen molar-refractivity contribution in [1.29, 1.82) is 0 Å². The average Bonchev–Trinajstić information content (AvgIpc) is 2.64. The first-order valence-corrected chi connectivity index (χ1v) is 9.88. The van der Waals surface area contributed by atoms with Gasteiger partial charge in [-0.3, -0.25) is 9.89 Å². The molecule has 0 aromatic heterocycles. The molecule has 1 aromatic carbocycles. The molecule has 0 saturated carbocycles. The van der Waals surface area contributed by atoms with E-state index < -0.39 is 0 Å². The van der Waals surface area contributed by atoms with Crippen molar-refractivity contribution in [2.75, 3.05) is 40.5 Å². The highest BCUT2D eigenvalue weighted by Gasteiger charge is 2.12. The van der Waals surface area contributed by atoms with Gasteiger partial charge < -0.3 is 20.1 Å². The molecule has 2 N–H and O–H groups in total. The van der Waals surface area contributed by atoms with E-state index in [9.17, 15) is 0 Å². The molecule has 154 valence electrons. The molecule has 0 radical (unpaired) electrons. The smallest absolute Gasteiger partial charge is 0.191 e. The van der Waals surface area contributed by atoms with Crippen LogP contribution in [0.5, 0.6) is 5.75 Å². The van der Waals surface area contributed by atoms with Crippen LogP contribution in [0.3, 0.4) is 0 Å². The molecule has 0 aliphatic rings. The number of ether oxygens (including phenoxy) is 2. The Kier molecular flexibility index (Phi) is 11.5. The number of rotatable bonds is 12. The fraction of sp³-hybridized carbons (Fsp3) is 0.667. The van der Waals surface area contributed by atoms with Gasteiger partial charge in [-0.2, -0.15) is 0 Å². The lowest BCUT2D eigenvalue weighted by atomic mass is 10.2. The lowest BCUT2D eigenvalue weighted by molar-refractivity contribution is 0.146. The summed E-state index contributed by atoms with van der Waals surface area (Å²) in [6.45, 7) is 12.8. The Morgan fingerprint density at radius 2 is 1.85 bits per heavy atom. The number of hydrogen-bond donors (Lipinski definition) is 2. The Morgan fingerprint density at radius 3 is 2.48 bits per heavy atom. The minimum absolute atomic E-state index is 0.556. The Labute approximate surface area is 165 Å². The first-order valence-electron chi connectivity index (χ1n) is 9.88. The van der Waals surface area contributed by atoms with Gasteiger partial charge in [0.2, 0.25) is 0 Å². The molecule has 1 aromatic rings. The lowest BCUT2D eigenvalue weighted by Crippen LogP contribution is -2.41. The molecule has 0 aliphatic heterocycles. The summed E-state index contributed by atoms with van der Waals surface area (Å²) in [4.78, 5) is 6.81. The predicted octanol–water partition coefficient (Wildman–Crippen LogP) is 2.89. The maximum absolute atomic E-state index is 5.66. The third-order valence-electron chi connectivity index (χ3n) is 4.35. The van der Waals surface area contributed by atoms with Crippen molar-refractivity contribution in [3.05, 3.63) is 29.8 Å². The normalized spacial score (nSPS) is 12.1. The van der Waals surface area contributed by atoms with Gasteiger partial charge >= 0.3 is 0 Å². The van der Waals surface area contributed by atoms with Crippen molar-refractivity contribution >= 4 is 5.96 Å². The van der Waals surface area contributed by atoms with Crippen molar-refractivity contribution in [3.63, 3.8) is 0 Å². The third-order valence-corrected chi connectivity index (χ3v) is 4.35. The second-order valence-corrected chi connectivity index (χ2v) is 7.12. The van der Waals surface area contributed by atoms with E-state index in [1.165, 1.54) is 0 Å². The van der Waals surface area contributed by atoms with Gasteiger partial charge in [-0.25, -0.2) is 0 Å². The van der Waals surface area contributed by atoms with Crippen LogP contribution in [-0.4, -0.2) is 63.4 Å². The number of nitrogens with zero attached hydrogens (tertiary/aromatic N) is 2. The number of guanidine groups is 1. The monoisotopic (exact) mass is 378 g/mol. The van der Waals surface area contributed by atoms with Gasteiger partial charge in [-0.1, -0.05) is 12.1 Å². The van der Waals surface area contributed by atoms with E-state index in [1.807, 2.05) is 18.2 Å². The van der Waals surface area contributed by atoms with Crippen LogP contribution in [0, 0.1) is 0 Å². The summed E-state index contributed by atoms with van der Waals surface area (Å²) in [7, 11) is 3.47. The van der Waals surface area contributed by atoms with Gasteiger partial charge in [0, 0.05) is 45.9 Å². The zero-order chi connectivity index (χ0) is 20.1. The standard InChI is InChI=1S/C21H38N4O2/c1-17(2)25(18(3)4)12-8-11-23-21(22-5)24-16-19-9-7-10-20(15-19)27-14-13-26-6/h7,9-10,15,17-18H,8,11-14,16H2,1-6H3,(H2,22,23,24). The molecule has 0 heterocycles. The Bertz CT molecular complexity index is 539. The van der Waals surface area contributed by atoms with Crippen molar-refractivity contribution in [1.82, 2.24) is 15.5 Å². The zero-order valence-corrected chi connectivity index (χ0v) is 17.9. The maximum Gasteiger partial charge on any atom is 0.191 e. The van der Waals surface area contributed by atoms with Crippen molar-refractivity contribution in [2.24, 2.45) is 4.99 Å². The van der Waals surface area contributed by atoms with E-state index in [2.05, 4.69) is 54.3 Å². The van der Waals surface area contributed by atoms with Crippen molar-refractivity contribution in [3.8, 4) is 5.75 Å². The van der Waals surface area contributed by atoms with E-state index in [0.717, 1.165) is 36.8 Å². The number of benzene rings is 1. The van der Waals surface area contributed by atoms with Gasteiger partial charge in [-0.05, 0) is 51.8 Å². The minimum Gasteiger partial charge on any atom is -0.491 e. The van der Waals surface area contributed by atoms with Crippen LogP contribution in [0.2, 0.25) is 0 Å². The predicted molar refractivity (Wildman–Crippen MR) is 114 cm³/mol. The molecule has 0 fully saturated rings. The molecule has 0 amide bonds. The van der Waals surface area contributed by atoms with E-state index >= 15 is 0 Å². The summed E-state index contributed by atoms with van der Waals surface area (Å²) in [6, 6.07) is 9.22. The number of nitrogens with one attached hydrogen (secondary N) is 2. The summed E-state index contributed by atoms with van der Waals surface area (Å²) in [6.07, 6.45) is 1.08. The van der Waals surface area contributed by atoms with Crippen LogP contribution in [0.1, 0.15) is 39.7 Å². The first-order chi connectivity index (χ1) is 13.0. The summed E-state index contributed by atoms with van der Waals surface area (Å²) in [5.41, 5.74) is 1.15. The molecule has 0 spiro atoms. The lowest BCUT2D eigenvalue weighted by Gasteiger charge is -2.30. The molecule has 0 bridgehead atoms. The Balaban J connectivity index is 2.37. The molecule has 0 unspecified atom stereocenters. The molecule has 0 aliphatic carbocycles.